The van der Waals surface area contributed by atoms with Crippen molar-refractivity contribution in [1.82, 2.24) is 10.2 Å². The van der Waals surface area contributed by atoms with Crippen molar-refractivity contribution >= 4 is 23.2 Å². The molecule has 0 aromatic carbocycles. The molecule has 0 bridgehead atoms. The molecule has 0 aliphatic carbocycles. The predicted molar refractivity (Wildman–Crippen MR) is 71.4 cm³/mol. The van der Waals surface area contributed by atoms with Crippen molar-refractivity contribution in [3.05, 3.63) is 22.4 Å². The monoisotopic (exact) mass is 266 g/mol. The highest BCUT2D eigenvalue weighted by Gasteiger charge is 2.36. The maximum atomic E-state index is 12.1. The zero-order valence-corrected chi connectivity index (χ0v) is 11.5. The van der Waals surface area contributed by atoms with Crippen molar-refractivity contribution < 1.29 is 9.59 Å². The molecule has 2 rings (SSSR count). The molecule has 1 fully saturated rings. The van der Waals surface area contributed by atoms with Crippen molar-refractivity contribution in [1.29, 1.82) is 0 Å². The molecule has 2 heterocycles. The molecule has 0 spiro atoms. The summed E-state index contributed by atoms with van der Waals surface area (Å²) in [6, 6.07) is 3.35. The lowest BCUT2D eigenvalue weighted by Gasteiger charge is -2.37. The lowest BCUT2D eigenvalue weighted by molar-refractivity contribution is -0.148. The molecule has 1 aromatic heterocycles. The molecular weight excluding hydrogens is 248 g/mol. The number of hydrogen-bond acceptors (Lipinski definition) is 3. The lowest BCUT2D eigenvalue weighted by Crippen LogP contribution is -2.62. The van der Waals surface area contributed by atoms with E-state index in [1.807, 2.05) is 18.4 Å². The van der Waals surface area contributed by atoms with Gasteiger partial charge in [0.15, 0.2) is 0 Å². The smallest absolute Gasteiger partial charge is 0.245 e. The van der Waals surface area contributed by atoms with Gasteiger partial charge in [-0.25, -0.2) is 0 Å². The highest BCUT2D eigenvalue weighted by Crippen LogP contribution is 2.16. The van der Waals surface area contributed by atoms with Crippen molar-refractivity contribution in [3.8, 4) is 0 Å². The predicted octanol–water partition coefficient (Wildman–Crippen LogP) is 1.42. The summed E-state index contributed by atoms with van der Waals surface area (Å²) in [4.78, 5) is 26.9. The summed E-state index contributed by atoms with van der Waals surface area (Å²) in [5.74, 6) is -0.00575. The first-order valence-electron chi connectivity index (χ1n) is 6.26. The number of nitrogens with one attached hydrogen (secondary N) is 1. The van der Waals surface area contributed by atoms with Crippen LogP contribution in [0, 0.1) is 0 Å². The van der Waals surface area contributed by atoms with Crippen LogP contribution in [0.2, 0.25) is 0 Å². The van der Waals surface area contributed by atoms with E-state index in [2.05, 4.69) is 11.4 Å². The number of hydrogen-bond donors (Lipinski definition) is 1. The molecule has 1 aliphatic rings. The van der Waals surface area contributed by atoms with Crippen LogP contribution >= 0.6 is 11.3 Å². The Hall–Kier alpha value is -1.36. The third-order valence-electron chi connectivity index (χ3n) is 3.26. The zero-order chi connectivity index (χ0) is 13.1. The topological polar surface area (TPSA) is 49.4 Å². The Morgan fingerprint density at radius 2 is 2.22 bits per heavy atom. The molecule has 2 atom stereocenters. The van der Waals surface area contributed by atoms with Gasteiger partial charge in [0.1, 0.15) is 12.1 Å². The fourth-order valence-electron chi connectivity index (χ4n) is 2.27. The molecule has 0 radical (unpaired) electrons. The first-order valence-corrected chi connectivity index (χ1v) is 7.14. The largest absolute Gasteiger partial charge is 0.343 e. The van der Waals surface area contributed by atoms with Crippen LogP contribution in [0.1, 0.15) is 25.1 Å². The third kappa shape index (κ3) is 2.56. The Morgan fingerprint density at radius 1 is 1.44 bits per heavy atom. The number of nitrogens with zero attached hydrogens (tertiary/aromatic N) is 1. The molecule has 2 amide bonds. The van der Waals surface area contributed by atoms with Gasteiger partial charge in [0.05, 0.1) is 0 Å². The van der Waals surface area contributed by atoms with Crippen LogP contribution in [0.25, 0.3) is 0 Å². The van der Waals surface area contributed by atoms with Crippen molar-refractivity contribution in [2.45, 2.75) is 38.8 Å². The van der Waals surface area contributed by atoms with E-state index in [9.17, 15) is 9.59 Å². The van der Waals surface area contributed by atoms with Crippen LogP contribution in [0.4, 0.5) is 0 Å². The minimum Gasteiger partial charge on any atom is -0.343 e. The Morgan fingerprint density at radius 3 is 2.83 bits per heavy atom. The average molecular weight is 266 g/mol. The SMILES string of the molecule is CCC1C(=O)NC(C)C(=O)N1CCc1cccs1. The second-order valence-electron chi connectivity index (χ2n) is 4.52. The van der Waals surface area contributed by atoms with Gasteiger partial charge in [0, 0.05) is 11.4 Å². The summed E-state index contributed by atoms with van der Waals surface area (Å²) in [6.07, 6.45) is 1.48. The highest BCUT2D eigenvalue weighted by molar-refractivity contribution is 7.09. The summed E-state index contributed by atoms with van der Waals surface area (Å²) in [5.41, 5.74) is 0. The van der Waals surface area contributed by atoms with E-state index in [1.54, 1.807) is 23.2 Å². The van der Waals surface area contributed by atoms with Crippen LogP contribution in [0.3, 0.4) is 0 Å². The first-order chi connectivity index (χ1) is 8.63. The van der Waals surface area contributed by atoms with Crippen LogP contribution in [0.15, 0.2) is 17.5 Å². The zero-order valence-electron chi connectivity index (χ0n) is 10.7. The molecule has 4 nitrogen and oxygen atoms in total. The van der Waals surface area contributed by atoms with Crippen molar-refractivity contribution in [2.24, 2.45) is 0 Å². The number of piperazine rings is 1. The molecule has 18 heavy (non-hydrogen) atoms. The number of amides is 2. The molecular formula is C13H18N2O2S. The molecule has 0 saturated carbocycles. The van der Waals surface area contributed by atoms with E-state index in [0.717, 1.165) is 6.42 Å². The molecule has 5 heteroatoms. The quantitative estimate of drug-likeness (QED) is 0.896. The summed E-state index contributed by atoms with van der Waals surface area (Å²) in [6.45, 7) is 4.30. The van der Waals surface area contributed by atoms with Gasteiger partial charge in [-0.15, -0.1) is 11.3 Å². The normalized spacial score (nSPS) is 24.2. The van der Waals surface area contributed by atoms with Gasteiger partial charge in [-0.2, -0.15) is 0 Å². The van der Waals surface area contributed by atoms with Gasteiger partial charge < -0.3 is 10.2 Å². The second kappa shape index (κ2) is 5.52. The van der Waals surface area contributed by atoms with Gasteiger partial charge in [0.25, 0.3) is 0 Å². The number of rotatable bonds is 4. The Labute approximate surface area is 111 Å². The second-order valence-corrected chi connectivity index (χ2v) is 5.55. The Bertz CT molecular complexity index is 430. The van der Waals surface area contributed by atoms with Gasteiger partial charge >= 0.3 is 0 Å². The highest BCUT2D eigenvalue weighted by atomic mass is 32.1. The van der Waals surface area contributed by atoms with Crippen LogP contribution in [-0.2, 0) is 16.0 Å². The molecule has 1 aliphatic heterocycles. The average Bonchev–Trinajstić information content (AvgIpc) is 2.85. The molecule has 1 N–H and O–H groups in total. The lowest BCUT2D eigenvalue weighted by atomic mass is 10.1. The number of carbonyl (C=O) groups is 2. The fraction of sp³-hybridized carbons (Fsp3) is 0.538. The van der Waals surface area contributed by atoms with E-state index in [4.69, 9.17) is 0 Å². The van der Waals surface area contributed by atoms with Crippen LogP contribution < -0.4 is 5.32 Å². The van der Waals surface area contributed by atoms with Crippen molar-refractivity contribution in [2.75, 3.05) is 6.54 Å². The standard InChI is InChI=1S/C13H18N2O2S/c1-3-11-12(16)14-9(2)13(17)15(11)7-6-10-5-4-8-18-10/h4-5,8-9,11H,3,6-7H2,1-2H3,(H,14,16). The van der Waals surface area contributed by atoms with E-state index in [0.29, 0.717) is 13.0 Å². The molecule has 2 unspecified atom stereocenters. The summed E-state index contributed by atoms with van der Waals surface area (Å²) >= 11 is 1.68. The van der Waals surface area contributed by atoms with Gasteiger partial charge in [-0.1, -0.05) is 13.0 Å². The Kier molecular flexibility index (Phi) is 4.01. The van der Waals surface area contributed by atoms with Gasteiger partial charge in [-0.05, 0) is 31.2 Å². The molecule has 98 valence electrons. The van der Waals surface area contributed by atoms with E-state index in [-0.39, 0.29) is 17.9 Å². The van der Waals surface area contributed by atoms with Gasteiger partial charge in [-0.3, -0.25) is 9.59 Å². The summed E-state index contributed by atoms with van der Waals surface area (Å²) in [7, 11) is 0. The maximum Gasteiger partial charge on any atom is 0.245 e. The minimum absolute atomic E-state index is 0.0259. The maximum absolute atomic E-state index is 12.1. The van der Waals surface area contributed by atoms with Crippen LogP contribution in [-0.4, -0.2) is 35.3 Å². The Balaban J connectivity index is 2.06. The molecule has 1 saturated heterocycles. The van der Waals surface area contributed by atoms with E-state index in [1.165, 1.54) is 4.88 Å². The number of thiophene rings is 1. The third-order valence-corrected chi connectivity index (χ3v) is 4.19. The van der Waals surface area contributed by atoms with Crippen molar-refractivity contribution in [3.63, 3.8) is 0 Å². The van der Waals surface area contributed by atoms with E-state index < -0.39 is 6.04 Å². The molecule has 1 aromatic rings. The minimum atomic E-state index is -0.399. The summed E-state index contributed by atoms with van der Waals surface area (Å²) in [5, 5.41) is 4.75. The number of carbonyl (C=O) groups excluding carboxylic acids is 2. The first kappa shape index (κ1) is 13.1. The summed E-state index contributed by atoms with van der Waals surface area (Å²) < 4.78 is 0. The van der Waals surface area contributed by atoms with Crippen LogP contribution in [0.5, 0.6) is 0 Å². The van der Waals surface area contributed by atoms with E-state index >= 15 is 0 Å². The fourth-order valence-corrected chi connectivity index (χ4v) is 2.97. The van der Waals surface area contributed by atoms with Gasteiger partial charge in [0.2, 0.25) is 11.8 Å².